The van der Waals surface area contributed by atoms with Gasteiger partial charge in [0.1, 0.15) is 6.73 Å². The van der Waals surface area contributed by atoms with E-state index in [0.717, 1.165) is 5.69 Å². The van der Waals surface area contributed by atoms with Gasteiger partial charge in [0.25, 0.3) is 0 Å². The molecule has 0 aliphatic heterocycles. The molecule has 0 amide bonds. The van der Waals surface area contributed by atoms with E-state index < -0.39 is 0 Å². The summed E-state index contributed by atoms with van der Waals surface area (Å²) < 4.78 is 5.82. The molecule has 0 radical (unpaired) electrons. The van der Waals surface area contributed by atoms with Crippen molar-refractivity contribution in [3.63, 3.8) is 0 Å². The number of anilines is 1. The highest BCUT2D eigenvalue weighted by Gasteiger charge is 2.12. The maximum atomic E-state index is 5.82. The fraction of sp³-hybridized carbons (Fsp3) is 0.571. The summed E-state index contributed by atoms with van der Waals surface area (Å²) in [5, 5.41) is 3.31. The van der Waals surface area contributed by atoms with Crippen LogP contribution < -0.4 is 5.32 Å². The van der Waals surface area contributed by atoms with Crippen LogP contribution in [-0.4, -0.2) is 12.8 Å². The molecule has 1 saturated carbocycles. The number of nitrogens with one attached hydrogen (secondary N) is 1. The average Bonchev–Trinajstić information content (AvgIpc) is 2.30. The molecule has 1 aliphatic rings. The zero-order chi connectivity index (χ0) is 11.2. The average molecular weight is 219 g/mol. The Kier molecular flexibility index (Phi) is 4.23. The Morgan fingerprint density at radius 2 is 2.06 bits per heavy atom. The molecule has 0 heterocycles. The highest BCUT2D eigenvalue weighted by molar-refractivity contribution is 5.44. The van der Waals surface area contributed by atoms with Crippen molar-refractivity contribution >= 4 is 5.69 Å². The van der Waals surface area contributed by atoms with Gasteiger partial charge in [0.15, 0.2) is 0 Å². The molecule has 2 heteroatoms. The van der Waals surface area contributed by atoms with Crippen LogP contribution in [0.2, 0.25) is 0 Å². The van der Waals surface area contributed by atoms with Crippen LogP contribution in [-0.2, 0) is 4.74 Å². The topological polar surface area (TPSA) is 21.3 Å². The molecule has 0 saturated heterocycles. The van der Waals surface area contributed by atoms with Crippen LogP contribution in [0, 0.1) is 6.92 Å². The third-order valence-corrected chi connectivity index (χ3v) is 3.17. The third kappa shape index (κ3) is 3.53. The summed E-state index contributed by atoms with van der Waals surface area (Å²) in [7, 11) is 0. The fourth-order valence-electron chi connectivity index (χ4n) is 2.23. The van der Waals surface area contributed by atoms with Gasteiger partial charge in [0, 0.05) is 5.69 Å². The van der Waals surface area contributed by atoms with Crippen LogP contribution in [0.3, 0.4) is 0 Å². The molecule has 2 nitrogen and oxygen atoms in total. The highest BCUT2D eigenvalue weighted by atomic mass is 16.5. The lowest BCUT2D eigenvalue weighted by Crippen LogP contribution is -2.20. The number of hydrogen-bond acceptors (Lipinski definition) is 2. The Morgan fingerprint density at radius 1 is 1.25 bits per heavy atom. The van der Waals surface area contributed by atoms with Gasteiger partial charge in [-0.1, -0.05) is 31.4 Å². The molecule has 1 fully saturated rings. The van der Waals surface area contributed by atoms with Gasteiger partial charge in [-0.2, -0.15) is 0 Å². The molecular formula is C14H21NO. The number of hydrogen-bond donors (Lipinski definition) is 1. The second-order valence-electron chi connectivity index (χ2n) is 4.62. The molecule has 1 aliphatic carbocycles. The molecule has 1 aromatic carbocycles. The molecule has 88 valence electrons. The van der Waals surface area contributed by atoms with E-state index >= 15 is 0 Å². The largest absolute Gasteiger partial charge is 0.363 e. The summed E-state index contributed by atoms with van der Waals surface area (Å²) in [5.41, 5.74) is 2.43. The molecule has 1 aromatic rings. The van der Waals surface area contributed by atoms with Crippen LogP contribution in [0.5, 0.6) is 0 Å². The lowest BCUT2D eigenvalue weighted by Gasteiger charge is -2.22. The minimum Gasteiger partial charge on any atom is -0.363 e. The first kappa shape index (κ1) is 11.5. The summed E-state index contributed by atoms with van der Waals surface area (Å²) in [6.07, 6.45) is 6.98. The number of ether oxygens (including phenoxy) is 1. The van der Waals surface area contributed by atoms with Crippen LogP contribution in [0.25, 0.3) is 0 Å². The molecule has 0 unspecified atom stereocenters. The van der Waals surface area contributed by atoms with E-state index in [2.05, 4.69) is 36.5 Å². The summed E-state index contributed by atoms with van der Waals surface area (Å²) in [6, 6.07) is 8.40. The van der Waals surface area contributed by atoms with Crippen molar-refractivity contribution in [3.8, 4) is 0 Å². The van der Waals surface area contributed by atoms with Gasteiger partial charge in [0.2, 0.25) is 0 Å². The van der Waals surface area contributed by atoms with Crippen molar-refractivity contribution in [2.45, 2.75) is 45.1 Å². The minimum absolute atomic E-state index is 0.478. The maximum absolute atomic E-state index is 5.82. The van der Waals surface area contributed by atoms with E-state index in [9.17, 15) is 0 Å². The van der Waals surface area contributed by atoms with E-state index in [1.54, 1.807) is 0 Å². The summed E-state index contributed by atoms with van der Waals surface area (Å²) in [5.74, 6) is 0. The number of rotatable bonds is 4. The standard InChI is InChI=1S/C14H21NO/c1-12-6-5-7-13(10-12)15-11-16-14-8-3-2-4-9-14/h5-7,10,14-15H,2-4,8-9,11H2,1H3. The zero-order valence-electron chi connectivity index (χ0n) is 10.0. The molecule has 16 heavy (non-hydrogen) atoms. The predicted octanol–water partition coefficient (Wildman–Crippen LogP) is 3.71. The van der Waals surface area contributed by atoms with Crippen molar-refractivity contribution in [2.75, 3.05) is 12.0 Å². The van der Waals surface area contributed by atoms with Crippen molar-refractivity contribution in [3.05, 3.63) is 29.8 Å². The number of aryl methyl sites for hydroxylation is 1. The Morgan fingerprint density at radius 3 is 2.81 bits per heavy atom. The van der Waals surface area contributed by atoms with Gasteiger partial charge in [-0.15, -0.1) is 0 Å². The van der Waals surface area contributed by atoms with Gasteiger partial charge >= 0.3 is 0 Å². The van der Waals surface area contributed by atoms with E-state index in [4.69, 9.17) is 4.74 Å². The first-order valence-corrected chi connectivity index (χ1v) is 6.27. The van der Waals surface area contributed by atoms with Gasteiger partial charge < -0.3 is 10.1 Å². The normalized spacial score (nSPS) is 17.3. The molecule has 0 aromatic heterocycles. The zero-order valence-corrected chi connectivity index (χ0v) is 10.0. The van der Waals surface area contributed by atoms with Crippen molar-refractivity contribution in [1.29, 1.82) is 0 Å². The molecule has 2 rings (SSSR count). The second-order valence-corrected chi connectivity index (χ2v) is 4.62. The lowest BCUT2D eigenvalue weighted by atomic mass is 9.98. The van der Waals surface area contributed by atoms with Gasteiger partial charge in [0.05, 0.1) is 6.10 Å². The van der Waals surface area contributed by atoms with E-state index in [1.165, 1.54) is 37.7 Å². The van der Waals surface area contributed by atoms with Crippen molar-refractivity contribution < 1.29 is 4.74 Å². The van der Waals surface area contributed by atoms with E-state index in [1.807, 2.05) is 0 Å². The van der Waals surface area contributed by atoms with Gasteiger partial charge in [-0.05, 0) is 37.5 Å². The SMILES string of the molecule is Cc1cccc(NCOC2CCCCC2)c1. The first-order valence-electron chi connectivity index (χ1n) is 6.27. The van der Waals surface area contributed by atoms with Crippen molar-refractivity contribution in [2.24, 2.45) is 0 Å². The fourth-order valence-corrected chi connectivity index (χ4v) is 2.23. The monoisotopic (exact) mass is 219 g/mol. The van der Waals surface area contributed by atoms with E-state index in [0.29, 0.717) is 12.8 Å². The van der Waals surface area contributed by atoms with Crippen LogP contribution in [0.15, 0.2) is 24.3 Å². The van der Waals surface area contributed by atoms with Gasteiger partial charge in [-0.3, -0.25) is 0 Å². The van der Waals surface area contributed by atoms with Crippen LogP contribution >= 0.6 is 0 Å². The molecule has 0 spiro atoms. The molecule has 0 atom stereocenters. The smallest absolute Gasteiger partial charge is 0.116 e. The second kappa shape index (κ2) is 5.90. The maximum Gasteiger partial charge on any atom is 0.116 e. The third-order valence-electron chi connectivity index (χ3n) is 3.17. The van der Waals surface area contributed by atoms with Gasteiger partial charge in [-0.25, -0.2) is 0 Å². The Labute approximate surface area is 98.0 Å². The Balaban J connectivity index is 1.71. The minimum atomic E-state index is 0.478. The van der Waals surface area contributed by atoms with Crippen molar-refractivity contribution in [1.82, 2.24) is 0 Å². The summed E-state index contributed by atoms with van der Waals surface area (Å²) in [4.78, 5) is 0. The van der Waals surface area contributed by atoms with Crippen LogP contribution in [0.4, 0.5) is 5.69 Å². The molecular weight excluding hydrogens is 198 g/mol. The summed E-state index contributed by atoms with van der Waals surface area (Å²) >= 11 is 0. The van der Waals surface area contributed by atoms with E-state index in [-0.39, 0.29) is 0 Å². The summed E-state index contributed by atoms with van der Waals surface area (Å²) in [6.45, 7) is 2.74. The lowest BCUT2D eigenvalue weighted by molar-refractivity contribution is 0.0400. The molecule has 0 bridgehead atoms. The van der Waals surface area contributed by atoms with Crippen LogP contribution in [0.1, 0.15) is 37.7 Å². The quantitative estimate of drug-likeness (QED) is 0.779. The number of benzene rings is 1. The molecule has 1 N–H and O–H groups in total. The predicted molar refractivity (Wildman–Crippen MR) is 67.6 cm³/mol. The highest BCUT2D eigenvalue weighted by Crippen LogP contribution is 2.20. The first-order chi connectivity index (χ1) is 7.84. The Bertz CT molecular complexity index is 318. The Hall–Kier alpha value is -1.02.